The number of pyridine rings is 2. The lowest BCUT2D eigenvalue weighted by molar-refractivity contribution is 0.0689. The Bertz CT molecular complexity index is 787. The highest BCUT2D eigenvalue weighted by atomic mass is 16.5. The van der Waals surface area contributed by atoms with Crippen LogP contribution >= 0.6 is 0 Å². The van der Waals surface area contributed by atoms with E-state index < -0.39 is 5.97 Å². The van der Waals surface area contributed by atoms with Crippen LogP contribution in [0.3, 0.4) is 0 Å². The molecule has 20 heavy (non-hydrogen) atoms. The number of aromatic carboxylic acids is 1. The minimum Gasteiger partial charge on any atom is -0.477 e. The second kappa shape index (κ2) is 4.97. The van der Waals surface area contributed by atoms with Crippen LogP contribution in [0.5, 0.6) is 11.6 Å². The van der Waals surface area contributed by atoms with Crippen LogP contribution in [0.2, 0.25) is 0 Å². The molecule has 0 atom stereocenters. The maximum atomic E-state index is 10.9. The molecule has 5 heteroatoms. The fraction of sp³-hybridized carbons (Fsp3) is 0. The Morgan fingerprint density at radius 3 is 2.85 bits per heavy atom. The zero-order valence-electron chi connectivity index (χ0n) is 10.4. The number of hydrogen-bond donors (Lipinski definition) is 1. The van der Waals surface area contributed by atoms with E-state index >= 15 is 0 Å². The first-order valence-electron chi connectivity index (χ1n) is 5.95. The van der Waals surface area contributed by atoms with Crippen LogP contribution in [0, 0.1) is 0 Å². The molecule has 0 fully saturated rings. The average Bonchev–Trinajstić information content (AvgIpc) is 2.47. The Kier molecular flexibility index (Phi) is 3.01. The van der Waals surface area contributed by atoms with Crippen LogP contribution in [0.1, 0.15) is 10.5 Å². The quantitative estimate of drug-likeness (QED) is 0.788. The van der Waals surface area contributed by atoms with Gasteiger partial charge in [0.2, 0.25) is 5.88 Å². The van der Waals surface area contributed by atoms with Crippen molar-refractivity contribution in [1.82, 2.24) is 9.97 Å². The second-order valence-corrected chi connectivity index (χ2v) is 4.13. The van der Waals surface area contributed by atoms with E-state index in [4.69, 9.17) is 9.84 Å². The van der Waals surface area contributed by atoms with Crippen LogP contribution in [0.4, 0.5) is 0 Å². The maximum Gasteiger partial charge on any atom is 0.354 e. The first-order valence-corrected chi connectivity index (χ1v) is 5.95. The molecule has 0 saturated carbocycles. The summed E-state index contributed by atoms with van der Waals surface area (Å²) in [6.45, 7) is 0. The molecule has 0 radical (unpaired) electrons. The Morgan fingerprint density at radius 2 is 2.00 bits per heavy atom. The van der Waals surface area contributed by atoms with Gasteiger partial charge in [0.1, 0.15) is 5.75 Å². The molecule has 2 aromatic heterocycles. The third-order valence-corrected chi connectivity index (χ3v) is 2.74. The number of carbonyl (C=O) groups is 1. The van der Waals surface area contributed by atoms with Gasteiger partial charge in [-0.25, -0.2) is 9.78 Å². The zero-order valence-corrected chi connectivity index (χ0v) is 10.4. The lowest BCUT2D eigenvalue weighted by atomic mass is 10.2. The molecule has 0 aliphatic carbocycles. The fourth-order valence-electron chi connectivity index (χ4n) is 1.82. The van der Waals surface area contributed by atoms with Crippen molar-refractivity contribution in [3.05, 3.63) is 60.4 Å². The number of carboxylic acid groups (broad SMARTS) is 1. The van der Waals surface area contributed by atoms with E-state index in [-0.39, 0.29) is 11.6 Å². The number of carboxylic acids is 1. The van der Waals surface area contributed by atoms with E-state index in [1.807, 2.05) is 18.2 Å². The minimum atomic E-state index is -1.09. The second-order valence-electron chi connectivity index (χ2n) is 4.13. The van der Waals surface area contributed by atoms with Crippen molar-refractivity contribution in [2.45, 2.75) is 0 Å². The number of benzene rings is 1. The monoisotopic (exact) mass is 266 g/mol. The van der Waals surface area contributed by atoms with E-state index in [0.717, 1.165) is 10.9 Å². The molecule has 1 N–H and O–H groups in total. The average molecular weight is 266 g/mol. The number of nitrogens with zero attached hydrogens (tertiary/aromatic N) is 2. The smallest absolute Gasteiger partial charge is 0.354 e. The van der Waals surface area contributed by atoms with Crippen LogP contribution in [-0.2, 0) is 0 Å². The molecule has 5 nitrogen and oxygen atoms in total. The van der Waals surface area contributed by atoms with Crippen molar-refractivity contribution in [3.63, 3.8) is 0 Å². The highest BCUT2D eigenvalue weighted by Gasteiger charge is 2.07. The molecule has 0 aliphatic heterocycles. The van der Waals surface area contributed by atoms with Gasteiger partial charge < -0.3 is 9.84 Å². The van der Waals surface area contributed by atoms with E-state index in [1.54, 1.807) is 30.5 Å². The molecular formula is C15H10N2O3. The highest BCUT2D eigenvalue weighted by Crippen LogP contribution is 2.23. The summed E-state index contributed by atoms with van der Waals surface area (Å²) in [6.07, 6.45) is 1.70. The summed E-state index contributed by atoms with van der Waals surface area (Å²) in [6, 6.07) is 13.9. The molecule has 1 aromatic carbocycles. The summed E-state index contributed by atoms with van der Waals surface area (Å²) in [5.41, 5.74) is 0.751. The Balaban J connectivity index is 1.92. The standard InChI is InChI=1S/C15H10N2O3/c18-15(19)12-4-1-5-14(17-12)20-11-7-6-10-3-2-8-16-13(10)9-11/h1-9H,(H,18,19). The van der Waals surface area contributed by atoms with Gasteiger partial charge in [-0.1, -0.05) is 12.1 Å². The van der Waals surface area contributed by atoms with Gasteiger partial charge in [0.15, 0.2) is 5.69 Å². The third-order valence-electron chi connectivity index (χ3n) is 2.74. The van der Waals surface area contributed by atoms with Gasteiger partial charge in [0.05, 0.1) is 5.52 Å². The van der Waals surface area contributed by atoms with Crippen LogP contribution in [0.15, 0.2) is 54.7 Å². The number of rotatable bonds is 3. The van der Waals surface area contributed by atoms with Crippen molar-refractivity contribution in [2.75, 3.05) is 0 Å². The maximum absolute atomic E-state index is 10.9. The molecule has 0 spiro atoms. The lowest BCUT2D eigenvalue weighted by Crippen LogP contribution is -2.00. The molecule has 3 aromatic rings. The van der Waals surface area contributed by atoms with Crippen molar-refractivity contribution >= 4 is 16.9 Å². The summed E-state index contributed by atoms with van der Waals surface area (Å²) in [4.78, 5) is 19.0. The number of fused-ring (bicyclic) bond motifs is 1. The minimum absolute atomic E-state index is 0.0542. The van der Waals surface area contributed by atoms with Gasteiger partial charge in [-0.2, -0.15) is 0 Å². The zero-order chi connectivity index (χ0) is 13.9. The van der Waals surface area contributed by atoms with Crippen LogP contribution in [0.25, 0.3) is 10.9 Å². The van der Waals surface area contributed by atoms with Gasteiger partial charge in [0.25, 0.3) is 0 Å². The van der Waals surface area contributed by atoms with Crippen molar-refractivity contribution < 1.29 is 14.6 Å². The Labute approximate surface area is 114 Å². The summed E-state index contributed by atoms with van der Waals surface area (Å²) in [5.74, 6) is -0.290. The van der Waals surface area contributed by atoms with Crippen molar-refractivity contribution in [2.24, 2.45) is 0 Å². The lowest BCUT2D eigenvalue weighted by Gasteiger charge is -2.06. The number of hydrogen-bond acceptors (Lipinski definition) is 4. The SMILES string of the molecule is O=C(O)c1cccc(Oc2ccc3cccnc3c2)n1. The molecule has 0 bridgehead atoms. The summed E-state index contributed by atoms with van der Waals surface area (Å²) in [7, 11) is 0. The topological polar surface area (TPSA) is 72.3 Å². The summed E-state index contributed by atoms with van der Waals surface area (Å²) < 4.78 is 5.56. The molecule has 0 amide bonds. The molecule has 2 heterocycles. The van der Waals surface area contributed by atoms with Crippen molar-refractivity contribution in [1.29, 1.82) is 0 Å². The van der Waals surface area contributed by atoms with E-state index in [9.17, 15) is 4.79 Å². The molecule has 0 aliphatic rings. The van der Waals surface area contributed by atoms with Gasteiger partial charge in [-0.05, 0) is 24.3 Å². The highest BCUT2D eigenvalue weighted by molar-refractivity contribution is 5.85. The van der Waals surface area contributed by atoms with Gasteiger partial charge in [-0.15, -0.1) is 0 Å². The third kappa shape index (κ3) is 2.42. The van der Waals surface area contributed by atoms with Gasteiger partial charge in [0, 0.05) is 23.7 Å². The molecule has 0 unspecified atom stereocenters. The predicted octanol–water partition coefficient (Wildman–Crippen LogP) is 3.12. The largest absolute Gasteiger partial charge is 0.477 e. The van der Waals surface area contributed by atoms with Gasteiger partial charge in [-0.3, -0.25) is 4.98 Å². The summed E-state index contributed by atoms with van der Waals surface area (Å²) in [5, 5.41) is 9.90. The van der Waals surface area contributed by atoms with Crippen LogP contribution in [-0.4, -0.2) is 21.0 Å². The molecule has 3 rings (SSSR count). The van der Waals surface area contributed by atoms with Crippen molar-refractivity contribution in [3.8, 4) is 11.6 Å². The Morgan fingerprint density at radius 1 is 1.10 bits per heavy atom. The molecular weight excluding hydrogens is 256 g/mol. The fourth-order valence-corrected chi connectivity index (χ4v) is 1.82. The van der Waals surface area contributed by atoms with E-state index in [1.165, 1.54) is 6.07 Å². The molecule has 0 saturated heterocycles. The van der Waals surface area contributed by atoms with E-state index in [0.29, 0.717) is 5.75 Å². The normalized spacial score (nSPS) is 10.4. The Hall–Kier alpha value is -2.95. The summed E-state index contributed by atoms with van der Waals surface area (Å²) >= 11 is 0. The first-order chi connectivity index (χ1) is 9.72. The number of ether oxygens (including phenoxy) is 1. The number of aromatic nitrogens is 2. The predicted molar refractivity (Wildman–Crippen MR) is 73.0 cm³/mol. The molecule has 98 valence electrons. The van der Waals surface area contributed by atoms with Crippen LogP contribution < -0.4 is 4.74 Å². The van der Waals surface area contributed by atoms with E-state index in [2.05, 4.69) is 9.97 Å². The first kappa shape index (κ1) is 12.1. The van der Waals surface area contributed by atoms with Gasteiger partial charge >= 0.3 is 5.97 Å².